The van der Waals surface area contributed by atoms with Crippen molar-refractivity contribution in [1.29, 1.82) is 0 Å². The molecule has 0 unspecified atom stereocenters. The second-order valence-electron chi connectivity index (χ2n) is 5.03. The van der Waals surface area contributed by atoms with E-state index in [9.17, 15) is 24.5 Å². The van der Waals surface area contributed by atoms with Crippen LogP contribution in [0.2, 0.25) is 5.02 Å². The number of nitrogens with one attached hydrogen (secondary N) is 2. The number of halogens is 1. The van der Waals surface area contributed by atoms with E-state index in [2.05, 4.69) is 10.6 Å². The van der Waals surface area contributed by atoms with E-state index in [-0.39, 0.29) is 17.3 Å². The number of aromatic nitrogens is 1. The van der Waals surface area contributed by atoms with Gasteiger partial charge in [-0.05, 0) is 18.2 Å². The molecule has 1 aromatic heterocycles. The first-order valence-electron chi connectivity index (χ1n) is 6.98. The number of hydrogen-bond acceptors (Lipinski definition) is 5. The number of hydrogen-bond donors (Lipinski definition) is 2. The Balaban J connectivity index is 2.22. The number of anilines is 2. The zero-order valence-corrected chi connectivity index (χ0v) is 13.7. The minimum Gasteiger partial charge on any atom is -0.325 e. The Bertz CT molecular complexity index is 909. The SMILES string of the molecule is CC(=O)Nc1ccc(Cl)cc1NC(=O)Cn1cc([N+](=O)[O-])ccc1=O. The van der Waals surface area contributed by atoms with Crippen molar-refractivity contribution < 1.29 is 14.5 Å². The monoisotopic (exact) mass is 364 g/mol. The van der Waals surface area contributed by atoms with Gasteiger partial charge in [-0.15, -0.1) is 0 Å². The van der Waals surface area contributed by atoms with Crippen molar-refractivity contribution in [1.82, 2.24) is 4.57 Å². The third-order valence-corrected chi connectivity index (χ3v) is 3.29. The van der Waals surface area contributed by atoms with Gasteiger partial charge in [0.2, 0.25) is 11.8 Å². The molecule has 0 saturated carbocycles. The van der Waals surface area contributed by atoms with E-state index in [4.69, 9.17) is 11.6 Å². The molecule has 0 aliphatic heterocycles. The van der Waals surface area contributed by atoms with Gasteiger partial charge >= 0.3 is 0 Å². The third kappa shape index (κ3) is 4.88. The Hall–Kier alpha value is -3.20. The maximum Gasteiger partial charge on any atom is 0.285 e. The molecule has 130 valence electrons. The lowest BCUT2D eigenvalue weighted by Gasteiger charge is -2.12. The first-order valence-corrected chi connectivity index (χ1v) is 7.36. The van der Waals surface area contributed by atoms with Gasteiger partial charge in [0.1, 0.15) is 6.54 Å². The number of nitrogens with zero attached hydrogens (tertiary/aromatic N) is 2. The van der Waals surface area contributed by atoms with Crippen molar-refractivity contribution in [2.75, 3.05) is 10.6 Å². The highest BCUT2D eigenvalue weighted by atomic mass is 35.5. The second kappa shape index (κ2) is 7.58. The summed E-state index contributed by atoms with van der Waals surface area (Å²) in [5.74, 6) is -0.954. The molecule has 2 aromatic rings. The molecule has 0 radical (unpaired) electrons. The number of amides is 2. The number of carbonyl (C=O) groups is 2. The van der Waals surface area contributed by atoms with Gasteiger partial charge in [-0.1, -0.05) is 11.6 Å². The number of pyridine rings is 1. The topological polar surface area (TPSA) is 123 Å². The van der Waals surface area contributed by atoms with Gasteiger partial charge in [0.15, 0.2) is 0 Å². The van der Waals surface area contributed by atoms with Crippen molar-refractivity contribution in [2.24, 2.45) is 0 Å². The molecule has 0 bridgehead atoms. The second-order valence-corrected chi connectivity index (χ2v) is 5.47. The Labute approximate surface area is 146 Å². The van der Waals surface area contributed by atoms with Crippen LogP contribution in [0.3, 0.4) is 0 Å². The molecule has 0 aliphatic rings. The molecule has 10 heteroatoms. The molecule has 0 spiro atoms. The normalized spacial score (nSPS) is 10.2. The van der Waals surface area contributed by atoms with E-state index in [1.165, 1.54) is 25.1 Å². The van der Waals surface area contributed by atoms with E-state index in [0.29, 0.717) is 10.7 Å². The first kappa shape index (κ1) is 18.1. The van der Waals surface area contributed by atoms with Crippen LogP contribution < -0.4 is 16.2 Å². The molecule has 25 heavy (non-hydrogen) atoms. The van der Waals surface area contributed by atoms with Crippen molar-refractivity contribution in [3.05, 3.63) is 62.0 Å². The highest BCUT2D eigenvalue weighted by Crippen LogP contribution is 2.25. The highest BCUT2D eigenvalue weighted by Gasteiger charge is 2.13. The Morgan fingerprint density at radius 3 is 2.56 bits per heavy atom. The molecule has 2 N–H and O–H groups in total. The van der Waals surface area contributed by atoms with Crippen LogP contribution in [0, 0.1) is 10.1 Å². The van der Waals surface area contributed by atoms with Crippen LogP contribution in [0.4, 0.5) is 17.1 Å². The minimum absolute atomic E-state index is 0.242. The highest BCUT2D eigenvalue weighted by molar-refractivity contribution is 6.31. The van der Waals surface area contributed by atoms with E-state index < -0.39 is 22.9 Å². The van der Waals surface area contributed by atoms with Gasteiger partial charge in [-0.25, -0.2) is 0 Å². The number of benzene rings is 1. The molecular weight excluding hydrogens is 352 g/mol. The van der Waals surface area contributed by atoms with Crippen LogP contribution in [0.15, 0.2) is 41.3 Å². The van der Waals surface area contributed by atoms with Crippen LogP contribution in [0.25, 0.3) is 0 Å². The fourth-order valence-corrected chi connectivity index (χ4v) is 2.19. The van der Waals surface area contributed by atoms with Gasteiger partial charge in [-0.3, -0.25) is 29.1 Å². The summed E-state index contributed by atoms with van der Waals surface area (Å²) < 4.78 is 0.913. The molecule has 9 nitrogen and oxygen atoms in total. The predicted octanol–water partition coefficient (Wildman–Crippen LogP) is 2.01. The average Bonchev–Trinajstić information content (AvgIpc) is 2.51. The molecule has 2 amide bonds. The van der Waals surface area contributed by atoms with Gasteiger partial charge in [0, 0.05) is 24.1 Å². The molecule has 1 heterocycles. The summed E-state index contributed by atoms with van der Waals surface area (Å²) in [6.45, 7) is 0.870. The Morgan fingerprint density at radius 1 is 1.20 bits per heavy atom. The number of carbonyl (C=O) groups excluding carboxylic acids is 2. The van der Waals surface area contributed by atoms with E-state index in [1.807, 2.05) is 0 Å². The summed E-state index contributed by atoms with van der Waals surface area (Å²) in [7, 11) is 0. The average molecular weight is 365 g/mol. The quantitative estimate of drug-likeness (QED) is 0.620. The van der Waals surface area contributed by atoms with Crippen molar-refractivity contribution in [2.45, 2.75) is 13.5 Å². The fraction of sp³-hybridized carbons (Fsp3) is 0.133. The summed E-state index contributed by atoms with van der Waals surface area (Å²) in [5, 5.41) is 16.1. The standard InChI is InChI=1S/C15H13ClN4O5/c1-9(21)17-12-4-2-10(16)6-13(12)18-14(22)8-19-7-11(20(24)25)3-5-15(19)23/h2-7H,8H2,1H3,(H,17,21)(H,18,22). The Morgan fingerprint density at radius 2 is 1.92 bits per heavy atom. The molecular formula is C15H13ClN4O5. The van der Waals surface area contributed by atoms with Crippen molar-refractivity contribution in [3.8, 4) is 0 Å². The number of rotatable bonds is 5. The summed E-state index contributed by atoms with van der Waals surface area (Å²) in [6.07, 6.45) is 0.981. The van der Waals surface area contributed by atoms with Crippen molar-refractivity contribution in [3.63, 3.8) is 0 Å². The van der Waals surface area contributed by atoms with Gasteiger partial charge in [0.25, 0.3) is 11.2 Å². The van der Waals surface area contributed by atoms with E-state index in [1.54, 1.807) is 0 Å². The smallest absolute Gasteiger partial charge is 0.285 e. The maximum atomic E-state index is 12.2. The molecule has 2 rings (SSSR count). The first-order chi connectivity index (χ1) is 11.8. The van der Waals surface area contributed by atoms with Crippen LogP contribution in [0.5, 0.6) is 0 Å². The molecule has 0 saturated heterocycles. The Kier molecular flexibility index (Phi) is 5.50. The number of nitro groups is 1. The van der Waals surface area contributed by atoms with Gasteiger partial charge in [0.05, 0.1) is 22.5 Å². The molecule has 0 aliphatic carbocycles. The molecule has 0 atom stereocenters. The summed E-state index contributed by atoms with van der Waals surface area (Å²) in [6, 6.07) is 6.55. The molecule has 1 aromatic carbocycles. The van der Waals surface area contributed by atoms with Gasteiger partial charge in [-0.2, -0.15) is 0 Å². The lowest BCUT2D eigenvalue weighted by Crippen LogP contribution is -2.27. The van der Waals surface area contributed by atoms with Crippen molar-refractivity contribution >= 4 is 40.5 Å². The van der Waals surface area contributed by atoms with Gasteiger partial charge < -0.3 is 10.6 Å². The molecule has 0 fully saturated rings. The minimum atomic E-state index is -0.667. The van der Waals surface area contributed by atoms with E-state index >= 15 is 0 Å². The zero-order valence-electron chi connectivity index (χ0n) is 13.0. The zero-order chi connectivity index (χ0) is 18.6. The summed E-state index contributed by atoms with van der Waals surface area (Å²) in [4.78, 5) is 45.2. The lowest BCUT2D eigenvalue weighted by molar-refractivity contribution is -0.385. The van der Waals surface area contributed by atoms with E-state index in [0.717, 1.165) is 22.9 Å². The maximum absolute atomic E-state index is 12.2. The summed E-state index contributed by atoms with van der Waals surface area (Å²) >= 11 is 5.88. The van der Waals surface area contributed by atoms with Crippen LogP contribution in [0.1, 0.15) is 6.92 Å². The third-order valence-electron chi connectivity index (χ3n) is 3.06. The van der Waals surface area contributed by atoms with Crippen LogP contribution in [-0.2, 0) is 16.1 Å². The summed E-state index contributed by atoms with van der Waals surface area (Å²) in [5.41, 5.74) is -0.300. The largest absolute Gasteiger partial charge is 0.325 e. The lowest BCUT2D eigenvalue weighted by atomic mass is 10.2. The van der Waals surface area contributed by atoms with Crippen LogP contribution in [-0.4, -0.2) is 21.3 Å². The fourth-order valence-electron chi connectivity index (χ4n) is 2.01. The van der Waals surface area contributed by atoms with Crippen LogP contribution >= 0.6 is 11.6 Å². The predicted molar refractivity (Wildman–Crippen MR) is 91.7 cm³/mol.